The average Bonchev–Trinajstić information content (AvgIpc) is 2.92. The molecule has 0 atom stereocenters. The van der Waals surface area contributed by atoms with Crippen molar-refractivity contribution in [1.82, 2.24) is 14.5 Å². The van der Waals surface area contributed by atoms with Crippen molar-refractivity contribution in [1.29, 1.82) is 0 Å². The van der Waals surface area contributed by atoms with Crippen LogP contribution in [0.1, 0.15) is 25.7 Å². The molecule has 5 heteroatoms. The van der Waals surface area contributed by atoms with Crippen molar-refractivity contribution in [2.24, 2.45) is 0 Å². The molecule has 1 amide bonds. The molecule has 99 valence electrons. The van der Waals surface area contributed by atoms with Crippen molar-refractivity contribution in [2.45, 2.75) is 32.2 Å². The van der Waals surface area contributed by atoms with Gasteiger partial charge >= 0.3 is 0 Å². The summed E-state index contributed by atoms with van der Waals surface area (Å²) in [4.78, 5) is 17.6. The average molecular weight is 250 g/mol. The Morgan fingerprint density at radius 1 is 1.28 bits per heavy atom. The van der Waals surface area contributed by atoms with Gasteiger partial charge in [0.2, 0.25) is 5.91 Å². The third-order valence-electron chi connectivity index (χ3n) is 3.17. The maximum Gasteiger partial charge on any atom is 0.222 e. The van der Waals surface area contributed by atoms with E-state index in [1.54, 1.807) is 6.33 Å². The standard InChI is InChI=1S/C13H20N3O2/c17-13(16-8-10-18-11-9-16)4-2-1-3-6-15-7-5-14-12-15/h7,12H,1-4,6,8-11H2. The van der Waals surface area contributed by atoms with E-state index in [1.165, 1.54) is 0 Å². The van der Waals surface area contributed by atoms with Crippen molar-refractivity contribution in [3.63, 3.8) is 0 Å². The molecule has 0 aromatic carbocycles. The lowest BCUT2D eigenvalue weighted by atomic mass is 10.1. The van der Waals surface area contributed by atoms with Gasteiger partial charge in [-0.25, -0.2) is 4.98 Å². The normalized spacial score (nSPS) is 15.9. The van der Waals surface area contributed by atoms with Gasteiger partial charge in [-0.3, -0.25) is 4.79 Å². The highest BCUT2D eigenvalue weighted by Crippen LogP contribution is 2.06. The second kappa shape index (κ2) is 7.16. The molecule has 1 aromatic rings. The summed E-state index contributed by atoms with van der Waals surface area (Å²) in [5.74, 6) is 0.272. The SMILES string of the molecule is O=C(CCCCCn1c[c]nc1)N1CCOCC1. The minimum Gasteiger partial charge on any atom is -0.378 e. The molecule has 5 nitrogen and oxygen atoms in total. The number of nitrogens with zero attached hydrogens (tertiary/aromatic N) is 3. The van der Waals surface area contributed by atoms with E-state index in [0.717, 1.165) is 38.9 Å². The van der Waals surface area contributed by atoms with Gasteiger partial charge in [0.05, 0.1) is 19.5 Å². The number of aryl methyl sites for hydroxylation is 1. The largest absolute Gasteiger partial charge is 0.378 e. The molecule has 1 saturated heterocycles. The van der Waals surface area contributed by atoms with Crippen LogP contribution < -0.4 is 0 Å². The fourth-order valence-electron chi connectivity index (χ4n) is 2.09. The summed E-state index contributed by atoms with van der Waals surface area (Å²) in [7, 11) is 0. The number of hydrogen-bond acceptors (Lipinski definition) is 3. The Balaban J connectivity index is 1.53. The van der Waals surface area contributed by atoms with Gasteiger partial charge in [0, 0.05) is 32.3 Å². The zero-order valence-corrected chi connectivity index (χ0v) is 10.7. The van der Waals surface area contributed by atoms with Gasteiger partial charge in [-0.1, -0.05) is 6.42 Å². The van der Waals surface area contributed by atoms with Gasteiger partial charge in [0.1, 0.15) is 6.20 Å². The molecule has 2 heterocycles. The van der Waals surface area contributed by atoms with Crippen molar-refractivity contribution < 1.29 is 9.53 Å². The Kier molecular flexibility index (Phi) is 5.20. The van der Waals surface area contributed by atoms with Gasteiger partial charge in [0.15, 0.2) is 0 Å². The maximum atomic E-state index is 11.8. The van der Waals surface area contributed by atoms with Crippen LogP contribution in [0.4, 0.5) is 0 Å². The minimum atomic E-state index is 0.272. The maximum absolute atomic E-state index is 11.8. The Labute approximate surface area is 108 Å². The summed E-state index contributed by atoms with van der Waals surface area (Å²) < 4.78 is 7.25. The molecular formula is C13H20N3O2. The molecule has 0 bridgehead atoms. The van der Waals surface area contributed by atoms with E-state index in [2.05, 4.69) is 11.2 Å². The van der Waals surface area contributed by atoms with Crippen molar-refractivity contribution in [3.05, 3.63) is 18.7 Å². The lowest BCUT2D eigenvalue weighted by Gasteiger charge is -2.26. The molecular weight excluding hydrogens is 230 g/mol. The van der Waals surface area contributed by atoms with Gasteiger partial charge < -0.3 is 14.2 Å². The van der Waals surface area contributed by atoms with Crippen LogP contribution in [-0.4, -0.2) is 46.7 Å². The molecule has 0 saturated carbocycles. The Morgan fingerprint density at radius 3 is 2.83 bits per heavy atom. The third-order valence-corrected chi connectivity index (χ3v) is 3.17. The zero-order chi connectivity index (χ0) is 12.6. The van der Waals surface area contributed by atoms with Crippen LogP contribution in [0, 0.1) is 6.20 Å². The molecule has 1 aromatic heterocycles. The number of imidazole rings is 1. The van der Waals surface area contributed by atoms with Crippen molar-refractivity contribution in [2.75, 3.05) is 26.3 Å². The highest BCUT2D eigenvalue weighted by Gasteiger charge is 2.15. The number of ether oxygens (including phenoxy) is 1. The smallest absolute Gasteiger partial charge is 0.222 e. The lowest BCUT2D eigenvalue weighted by Crippen LogP contribution is -2.40. The van der Waals surface area contributed by atoms with Gasteiger partial charge in [-0.05, 0) is 12.8 Å². The molecule has 0 aliphatic carbocycles. The molecule has 2 rings (SSSR count). The van der Waals surface area contributed by atoms with E-state index in [4.69, 9.17) is 4.74 Å². The number of carbonyl (C=O) groups is 1. The van der Waals surface area contributed by atoms with Crippen LogP contribution in [0.25, 0.3) is 0 Å². The number of morpholine rings is 1. The monoisotopic (exact) mass is 250 g/mol. The molecule has 1 radical (unpaired) electrons. The number of unbranched alkanes of at least 4 members (excludes halogenated alkanes) is 2. The second-order valence-corrected chi connectivity index (χ2v) is 4.54. The first-order valence-electron chi connectivity index (χ1n) is 6.59. The zero-order valence-electron chi connectivity index (χ0n) is 10.7. The molecule has 1 aliphatic heterocycles. The first-order chi connectivity index (χ1) is 8.86. The Bertz CT molecular complexity index is 345. The van der Waals surface area contributed by atoms with Crippen molar-refractivity contribution in [3.8, 4) is 0 Å². The first kappa shape index (κ1) is 13.1. The van der Waals surface area contributed by atoms with Crippen LogP contribution >= 0.6 is 0 Å². The summed E-state index contributed by atoms with van der Waals surface area (Å²) >= 11 is 0. The van der Waals surface area contributed by atoms with E-state index in [-0.39, 0.29) is 5.91 Å². The highest BCUT2D eigenvalue weighted by molar-refractivity contribution is 5.76. The van der Waals surface area contributed by atoms with E-state index in [1.807, 2.05) is 15.7 Å². The minimum absolute atomic E-state index is 0.272. The van der Waals surface area contributed by atoms with E-state index in [9.17, 15) is 4.79 Å². The van der Waals surface area contributed by atoms with Crippen LogP contribution in [0.5, 0.6) is 0 Å². The number of aromatic nitrogens is 2. The topological polar surface area (TPSA) is 47.4 Å². The molecule has 0 spiro atoms. The third kappa shape index (κ3) is 4.14. The number of carbonyl (C=O) groups excluding carboxylic acids is 1. The van der Waals surface area contributed by atoms with Crippen molar-refractivity contribution >= 4 is 5.91 Å². The van der Waals surface area contributed by atoms with Gasteiger partial charge in [0.25, 0.3) is 0 Å². The summed E-state index contributed by atoms with van der Waals surface area (Å²) in [6, 6.07) is 0. The lowest BCUT2D eigenvalue weighted by molar-refractivity contribution is -0.135. The molecule has 18 heavy (non-hydrogen) atoms. The fraction of sp³-hybridized carbons (Fsp3) is 0.692. The Hall–Kier alpha value is -1.36. The second-order valence-electron chi connectivity index (χ2n) is 4.54. The van der Waals surface area contributed by atoms with Crippen LogP contribution in [0.15, 0.2) is 12.5 Å². The van der Waals surface area contributed by atoms with Crippen LogP contribution in [0.3, 0.4) is 0 Å². The molecule has 1 aliphatic rings. The number of amides is 1. The number of hydrogen-bond donors (Lipinski definition) is 0. The molecule has 0 N–H and O–H groups in total. The van der Waals surface area contributed by atoms with Gasteiger partial charge in [-0.15, -0.1) is 0 Å². The summed E-state index contributed by atoms with van der Waals surface area (Å²) in [5.41, 5.74) is 0. The first-order valence-corrected chi connectivity index (χ1v) is 6.59. The van der Waals surface area contributed by atoms with E-state index in [0.29, 0.717) is 19.6 Å². The Morgan fingerprint density at radius 2 is 2.11 bits per heavy atom. The van der Waals surface area contributed by atoms with Crippen LogP contribution in [0.2, 0.25) is 0 Å². The van der Waals surface area contributed by atoms with E-state index < -0.39 is 0 Å². The summed E-state index contributed by atoms with van der Waals surface area (Å²) in [6.45, 7) is 3.83. The highest BCUT2D eigenvalue weighted by atomic mass is 16.5. The van der Waals surface area contributed by atoms with Crippen LogP contribution in [-0.2, 0) is 16.1 Å². The predicted octanol–water partition coefficient (Wildman–Crippen LogP) is 1.10. The predicted molar refractivity (Wildman–Crippen MR) is 66.9 cm³/mol. The molecule has 1 fully saturated rings. The van der Waals surface area contributed by atoms with E-state index >= 15 is 0 Å². The van der Waals surface area contributed by atoms with Gasteiger partial charge in [-0.2, -0.15) is 0 Å². The molecule has 0 unspecified atom stereocenters. The number of rotatable bonds is 6. The quantitative estimate of drug-likeness (QED) is 0.710. The fourth-order valence-corrected chi connectivity index (χ4v) is 2.09. The summed E-state index contributed by atoms with van der Waals surface area (Å²) in [5, 5.41) is 0. The summed E-state index contributed by atoms with van der Waals surface area (Å²) in [6.07, 6.45) is 10.2.